The monoisotopic (exact) mass is 958 g/mol. The molecule has 14 heteroatoms. The first kappa shape index (κ1) is 61.6. The molecule has 67 heavy (non-hydrogen) atoms. The highest BCUT2D eigenvalue weighted by Crippen LogP contribution is 2.30. The summed E-state index contributed by atoms with van der Waals surface area (Å²) in [7, 11) is 0. The highest BCUT2D eigenvalue weighted by atomic mass is 16.7. The van der Waals surface area contributed by atoms with Crippen LogP contribution in [0.25, 0.3) is 0 Å². The lowest BCUT2D eigenvalue weighted by atomic mass is 9.97. The van der Waals surface area contributed by atoms with Gasteiger partial charge in [0.15, 0.2) is 12.6 Å². The van der Waals surface area contributed by atoms with Crippen molar-refractivity contribution in [3.05, 3.63) is 24.3 Å². The summed E-state index contributed by atoms with van der Waals surface area (Å²) >= 11 is 0. The number of ether oxygens (including phenoxy) is 4. The number of hydrogen-bond acceptors (Lipinski definition) is 13. The van der Waals surface area contributed by atoms with Gasteiger partial charge in [0.1, 0.15) is 48.8 Å². The largest absolute Gasteiger partial charge is 0.394 e. The summed E-state index contributed by atoms with van der Waals surface area (Å²) in [5, 5.41) is 87.0. The first-order valence-corrected chi connectivity index (χ1v) is 27.1. The zero-order chi connectivity index (χ0) is 48.9. The molecule has 0 radical (unpaired) electrons. The molecule has 9 N–H and O–H groups in total. The van der Waals surface area contributed by atoms with Crippen LogP contribution in [0, 0.1) is 0 Å². The van der Waals surface area contributed by atoms with Gasteiger partial charge in [-0.15, -0.1) is 0 Å². The molecule has 0 saturated carbocycles. The van der Waals surface area contributed by atoms with Crippen LogP contribution in [0.3, 0.4) is 0 Å². The molecule has 1 amide bonds. The van der Waals surface area contributed by atoms with E-state index in [0.717, 1.165) is 70.6 Å². The molecule has 14 nitrogen and oxygen atoms in total. The Hall–Kier alpha value is -1.53. The van der Waals surface area contributed by atoms with E-state index in [0.29, 0.717) is 12.8 Å². The molecule has 0 bridgehead atoms. The summed E-state index contributed by atoms with van der Waals surface area (Å²) in [6.45, 7) is 2.82. The fourth-order valence-electron chi connectivity index (χ4n) is 8.97. The number of nitrogens with one attached hydrogen (secondary N) is 1. The van der Waals surface area contributed by atoms with Crippen molar-refractivity contribution in [2.75, 3.05) is 19.8 Å². The maximum atomic E-state index is 13.2. The molecule has 2 saturated heterocycles. The molecule has 2 heterocycles. The third-order valence-corrected chi connectivity index (χ3v) is 13.4. The molecular formula is C53H99NO13. The normalized spacial score (nSPS) is 26.7. The minimum Gasteiger partial charge on any atom is -0.394 e. The molecule has 2 aliphatic rings. The predicted octanol–water partition coefficient (Wildman–Crippen LogP) is 7.72. The third kappa shape index (κ3) is 27.0. The molecule has 0 spiro atoms. The number of aliphatic hydroxyl groups excluding tert-OH is 8. The standard InChI is InChI=1S/C53H99NO13/c1-3-5-7-9-11-13-15-17-19-20-21-23-24-26-28-30-32-34-36-42(57)41(54-45(58)37-35-33-31-29-27-25-22-18-16-14-12-10-8-6-4-2)40-64-52-50(63)48(61)51(44(39-56)66-52)67-53-49(62)47(60)46(59)43(38-55)65-53/h12,14,18,22,41-44,46-53,55-57,59-63H,3-11,13,15-17,19-21,23-40H2,1-2H3,(H,54,58)/b14-12-,22-18-. The van der Waals surface area contributed by atoms with E-state index in [1.54, 1.807) is 0 Å². The number of unbranched alkanes of at least 4 members (excludes halogenated alkanes) is 25. The van der Waals surface area contributed by atoms with Gasteiger partial charge in [-0.05, 0) is 44.9 Å². The number of amides is 1. The van der Waals surface area contributed by atoms with Crippen LogP contribution < -0.4 is 5.32 Å². The van der Waals surface area contributed by atoms with Gasteiger partial charge >= 0.3 is 0 Å². The lowest BCUT2D eigenvalue weighted by Crippen LogP contribution is -2.65. The van der Waals surface area contributed by atoms with Gasteiger partial charge in [0.2, 0.25) is 5.91 Å². The maximum absolute atomic E-state index is 13.2. The number of rotatable bonds is 42. The van der Waals surface area contributed by atoms with Crippen molar-refractivity contribution >= 4 is 5.91 Å². The Balaban J connectivity index is 1.81. The lowest BCUT2D eigenvalue weighted by Gasteiger charge is -2.46. The average Bonchev–Trinajstić information content (AvgIpc) is 3.32. The molecule has 2 rings (SSSR count). The second-order valence-corrected chi connectivity index (χ2v) is 19.4. The van der Waals surface area contributed by atoms with E-state index >= 15 is 0 Å². The molecule has 394 valence electrons. The molecule has 0 aromatic rings. The Kier molecular flexibility index (Phi) is 36.9. The first-order valence-electron chi connectivity index (χ1n) is 27.1. The Bertz CT molecular complexity index is 1220. The highest BCUT2D eigenvalue weighted by Gasteiger charge is 2.51. The van der Waals surface area contributed by atoms with Crippen LogP contribution in [-0.4, -0.2) is 140 Å². The van der Waals surface area contributed by atoms with Gasteiger partial charge in [-0.3, -0.25) is 4.79 Å². The van der Waals surface area contributed by atoms with Crippen molar-refractivity contribution in [2.45, 2.75) is 286 Å². The van der Waals surface area contributed by atoms with E-state index in [9.17, 15) is 45.6 Å². The Morgan fingerprint density at radius 1 is 0.537 bits per heavy atom. The molecule has 0 aromatic heterocycles. The third-order valence-electron chi connectivity index (χ3n) is 13.4. The van der Waals surface area contributed by atoms with Gasteiger partial charge in [0, 0.05) is 6.42 Å². The van der Waals surface area contributed by atoms with E-state index < -0.39 is 86.8 Å². The topological polar surface area (TPSA) is 228 Å². The number of aliphatic hydroxyl groups is 8. The van der Waals surface area contributed by atoms with E-state index in [-0.39, 0.29) is 18.9 Å². The molecule has 0 aromatic carbocycles. The maximum Gasteiger partial charge on any atom is 0.220 e. The summed E-state index contributed by atoms with van der Waals surface area (Å²) in [6.07, 6.45) is 27.4. The van der Waals surface area contributed by atoms with Crippen LogP contribution in [0.4, 0.5) is 0 Å². The van der Waals surface area contributed by atoms with Crippen molar-refractivity contribution in [3.63, 3.8) is 0 Å². The molecular weight excluding hydrogens is 859 g/mol. The Morgan fingerprint density at radius 3 is 1.52 bits per heavy atom. The Labute approximate surface area is 405 Å². The molecule has 12 atom stereocenters. The minimum absolute atomic E-state index is 0.220. The van der Waals surface area contributed by atoms with E-state index in [1.807, 2.05) is 0 Å². The summed E-state index contributed by atoms with van der Waals surface area (Å²) in [4.78, 5) is 13.2. The number of carbonyl (C=O) groups excluding carboxylic acids is 1. The second kappa shape index (κ2) is 40.1. The van der Waals surface area contributed by atoms with Gasteiger partial charge in [0.25, 0.3) is 0 Å². The van der Waals surface area contributed by atoms with Crippen LogP contribution in [0.5, 0.6) is 0 Å². The summed E-state index contributed by atoms with van der Waals surface area (Å²) in [5.74, 6) is -0.220. The van der Waals surface area contributed by atoms with Gasteiger partial charge in [-0.25, -0.2) is 0 Å². The van der Waals surface area contributed by atoms with E-state index in [2.05, 4.69) is 43.5 Å². The smallest absolute Gasteiger partial charge is 0.220 e. The minimum atomic E-state index is -1.78. The fraction of sp³-hybridized carbons (Fsp3) is 0.906. The fourth-order valence-corrected chi connectivity index (χ4v) is 8.97. The second-order valence-electron chi connectivity index (χ2n) is 19.4. The SMILES string of the molecule is CCCCC/C=C\C/C=C\CCCCCCCC(=O)NC(COC1OC(CO)C(OC2OC(CO)C(O)C(O)C2O)C(O)C1O)C(O)CCCCCCCCCCCCCCCCCCCC. The molecule has 2 fully saturated rings. The van der Waals surface area contributed by atoms with E-state index in [1.165, 1.54) is 109 Å². The summed E-state index contributed by atoms with van der Waals surface area (Å²) < 4.78 is 22.8. The number of allylic oxidation sites excluding steroid dienone is 4. The first-order chi connectivity index (χ1) is 32.6. The van der Waals surface area contributed by atoms with Crippen molar-refractivity contribution in [1.82, 2.24) is 5.32 Å². The van der Waals surface area contributed by atoms with Crippen molar-refractivity contribution in [3.8, 4) is 0 Å². The lowest BCUT2D eigenvalue weighted by molar-refractivity contribution is -0.359. The van der Waals surface area contributed by atoms with Gasteiger partial charge in [-0.2, -0.15) is 0 Å². The van der Waals surface area contributed by atoms with Crippen LogP contribution in [-0.2, 0) is 23.7 Å². The van der Waals surface area contributed by atoms with Gasteiger partial charge < -0.3 is 65.1 Å². The zero-order valence-corrected chi connectivity index (χ0v) is 41.9. The predicted molar refractivity (Wildman–Crippen MR) is 263 cm³/mol. The summed E-state index contributed by atoms with van der Waals surface area (Å²) in [6, 6.07) is -0.833. The zero-order valence-electron chi connectivity index (χ0n) is 41.9. The average molecular weight is 958 g/mol. The summed E-state index contributed by atoms with van der Waals surface area (Å²) in [5.41, 5.74) is 0. The van der Waals surface area contributed by atoms with Crippen LogP contribution in [0.15, 0.2) is 24.3 Å². The van der Waals surface area contributed by atoms with Crippen LogP contribution in [0.1, 0.15) is 213 Å². The molecule has 2 aliphatic heterocycles. The van der Waals surface area contributed by atoms with Crippen molar-refractivity contribution < 1.29 is 64.6 Å². The molecule has 0 aliphatic carbocycles. The quantitative estimate of drug-likeness (QED) is 0.0211. The van der Waals surface area contributed by atoms with Crippen molar-refractivity contribution in [1.29, 1.82) is 0 Å². The van der Waals surface area contributed by atoms with Crippen LogP contribution >= 0.6 is 0 Å². The Morgan fingerprint density at radius 2 is 0.985 bits per heavy atom. The number of carbonyl (C=O) groups is 1. The number of hydrogen-bond donors (Lipinski definition) is 9. The van der Waals surface area contributed by atoms with Crippen molar-refractivity contribution in [2.24, 2.45) is 0 Å². The highest BCUT2D eigenvalue weighted by molar-refractivity contribution is 5.76. The van der Waals surface area contributed by atoms with E-state index in [4.69, 9.17) is 18.9 Å². The van der Waals surface area contributed by atoms with Gasteiger partial charge in [0.05, 0.1) is 32.0 Å². The van der Waals surface area contributed by atoms with Crippen LogP contribution in [0.2, 0.25) is 0 Å². The molecule has 12 unspecified atom stereocenters. The van der Waals surface area contributed by atoms with Gasteiger partial charge in [-0.1, -0.05) is 186 Å².